The van der Waals surface area contributed by atoms with Crippen LogP contribution < -0.4 is 10.1 Å². The van der Waals surface area contributed by atoms with Gasteiger partial charge < -0.3 is 10.1 Å². The quantitative estimate of drug-likeness (QED) is 0.544. The van der Waals surface area contributed by atoms with E-state index in [4.69, 9.17) is 4.74 Å². The summed E-state index contributed by atoms with van der Waals surface area (Å²) in [6.07, 6.45) is -4.48. The Morgan fingerprint density at radius 1 is 0.971 bits per heavy atom. The zero-order valence-electron chi connectivity index (χ0n) is 18.7. The third-order valence-corrected chi connectivity index (χ3v) is 7.80. The SMILES string of the molecule is CN1C[C@H](c2ccc(C(F)(F)F)cc2)[C@@]2(COc3ccccc3C2=O)[C@@]12C(=O)Nc1ccccc12. The Morgan fingerprint density at radius 2 is 1.66 bits per heavy atom. The normalized spacial score (nSPS) is 27.6. The molecule has 0 unspecified atom stereocenters. The van der Waals surface area contributed by atoms with E-state index >= 15 is 0 Å². The van der Waals surface area contributed by atoms with Crippen LogP contribution in [0.25, 0.3) is 0 Å². The molecular weight excluding hydrogens is 457 g/mol. The van der Waals surface area contributed by atoms with Crippen LogP contribution in [0.2, 0.25) is 0 Å². The molecule has 1 amide bonds. The number of rotatable bonds is 1. The van der Waals surface area contributed by atoms with E-state index in [0.29, 0.717) is 28.1 Å². The highest BCUT2D eigenvalue weighted by Gasteiger charge is 2.75. The van der Waals surface area contributed by atoms with E-state index in [1.54, 1.807) is 37.4 Å². The molecule has 5 nitrogen and oxygen atoms in total. The van der Waals surface area contributed by atoms with Gasteiger partial charge in [0.1, 0.15) is 23.3 Å². The van der Waals surface area contributed by atoms with Crippen LogP contribution in [-0.2, 0) is 16.5 Å². The van der Waals surface area contributed by atoms with Crippen molar-refractivity contribution in [3.8, 4) is 5.75 Å². The van der Waals surface area contributed by atoms with E-state index in [1.807, 2.05) is 23.1 Å². The van der Waals surface area contributed by atoms with Crippen molar-refractivity contribution in [3.63, 3.8) is 0 Å². The number of ether oxygens (including phenoxy) is 1. The second kappa shape index (κ2) is 7.18. The van der Waals surface area contributed by atoms with Gasteiger partial charge in [-0.05, 0) is 42.9 Å². The van der Waals surface area contributed by atoms with Gasteiger partial charge in [0.2, 0.25) is 0 Å². The standard InChI is InChI=1S/C27H21F3N2O3/c1-32-14-20(16-10-12-17(13-11-16)27(28,29)30)25(15-35-22-9-5-2-6-18(22)23(25)33)26(32)19-7-3-4-8-21(19)31-24(26)34/h2-13,20H,14-15H2,1H3,(H,31,34)/t20-,25-,26-/m1/s1. The topological polar surface area (TPSA) is 58.6 Å². The Kier molecular flexibility index (Phi) is 4.48. The monoisotopic (exact) mass is 478 g/mol. The summed E-state index contributed by atoms with van der Waals surface area (Å²) in [7, 11) is 1.78. The van der Waals surface area contributed by atoms with Gasteiger partial charge in [-0.3, -0.25) is 14.5 Å². The molecule has 3 aromatic rings. The van der Waals surface area contributed by atoms with Gasteiger partial charge in [0.15, 0.2) is 5.78 Å². The molecular formula is C27H21F3N2O3. The van der Waals surface area contributed by atoms with Gasteiger partial charge in [0.05, 0.1) is 11.1 Å². The van der Waals surface area contributed by atoms with Gasteiger partial charge in [0.25, 0.3) is 5.91 Å². The lowest BCUT2D eigenvalue weighted by molar-refractivity contribution is -0.137. The highest BCUT2D eigenvalue weighted by molar-refractivity contribution is 6.15. The zero-order chi connectivity index (χ0) is 24.6. The van der Waals surface area contributed by atoms with Gasteiger partial charge in [0, 0.05) is 23.7 Å². The fraction of sp³-hybridized carbons (Fsp3) is 0.259. The number of carbonyl (C=O) groups is 2. The fourth-order valence-electron chi connectivity index (χ4n) is 6.32. The van der Waals surface area contributed by atoms with Crippen LogP contribution in [-0.4, -0.2) is 36.8 Å². The summed E-state index contributed by atoms with van der Waals surface area (Å²) in [6, 6.07) is 19.0. The molecule has 3 atom stereocenters. The number of anilines is 1. The van der Waals surface area contributed by atoms with Crippen molar-refractivity contribution in [2.45, 2.75) is 17.6 Å². The molecule has 3 aliphatic rings. The summed E-state index contributed by atoms with van der Waals surface area (Å²) in [5, 5.41) is 2.94. The number of halogens is 3. The minimum atomic E-state index is -4.48. The summed E-state index contributed by atoms with van der Waals surface area (Å²) in [5.74, 6) is -0.745. The predicted molar refractivity (Wildman–Crippen MR) is 122 cm³/mol. The molecule has 3 heterocycles. The second-order valence-electron chi connectivity index (χ2n) is 9.35. The van der Waals surface area contributed by atoms with Crippen molar-refractivity contribution in [1.29, 1.82) is 0 Å². The number of hydrogen-bond donors (Lipinski definition) is 1. The molecule has 1 N–H and O–H groups in total. The average molecular weight is 478 g/mol. The van der Waals surface area contributed by atoms with Crippen LogP contribution in [0.3, 0.4) is 0 Å². The molecule has 0 saturated carbocycles. The van der Waals surface area contributed by atoms with Crippen LogP contribution in [0.4, 0.5) is 18.9 Å². The highest BCUT2D eigenvalue weighted by atomic mass is 19.4. The number of amides is 1. The maximum Gasteiger partial charge on any atom is 0.416 e. The third-order valence-electron chi connectivity index (χ3n) is 7.80. The molecule has 2 spiro atoms. The fourth-order valence-corrected chi connectivity index (χ4v) is 6.32. The van der Waals surface area contributed by atoms with Crippen molar-refractivity contribution in [1.82, 2.24) is 4.90 Å². The van der Waals surface area contributed by atoms with Gasteiger partial charge in [-0.2, -0.15) is 13.2 Å². The van der Waals surface area contributed by atoms with Gasteiger partial charge >= 0.3 is 6.18 Å². The summed E-state index contributed by atoms with van der Waals surface area (Å²) in [5.41, 5.74) is -1.36. The Morgan fingerprint density at radius 3 is 2.40 bits per heavy atom. The molecule has 6 rings (SSSR count). The minimum absolute atomic E-state index is 0.0827. The van der Waals surface area contributed by atoms with E-state index in [0.717, 1.165) is 12.1 Å². The first kappa shape index (κ1) is 21.9. The second-order valence-corrected chi connectivity index (χ2v) is 9.35. The Hall–Kier alpha value is -3.65. The van der Waals surface area contributed by atoms with E-state index in [9.17, 15) is 22.8 Å². The zero-order valence-corrected chi connectivity index (χ0v) is 18.7. The van der Waals surface area contributed by atoms with Crippen molar-refractivity contribution in [2.24, 2.45) is 5.41 Å². The third kappa shape index (κ3) is 2.68. The number of likely N-dealkylation sites (N-methyl/N-ethyl adjacent to an activating group) is 1. The molecule has 35 heavy (non-hydrogen) atoms. The van der Waals surface area contributed by atoms with E-state index < -0.39 is 28.6 Å². The van der Waals surface area contributed by atoms with Gasteiger partial charge in [-0.15, -0.1) is 0 Å². The molecule has 8 heteroatoms. The maximum absolute atomic E-state index is 14.4. The summed E-state index contributed by atoms with van der Waals surface area (Å²) in [4.78, 5) is 30.1. The van der Waals surface area contributed by atoms with Crippen molar-refractivity contribution >= 4 is 17.4 Å². The van der Waals surface area contributed by atoms with Crippen LogP contribution in [0.1, 0.15) is 33.0 Å². The Bertz CT molecular complexity index is 1370. The number of hydrogen-bond acceptors (Lipinski definition) is 4. The van der Waals surface area contributed by atoms with Crippen molar-refractivity contribution < 1.29 is 27.5 Å². The van der Waals surface area contributed by atoms with Crippen LogP contribution >= 0.6 is 0 Å². The maximum atomic E-state index is 14.4. The van der Waals surface area contributed by atoms with Gasteiger partial charge in [-0.1, -0.05) is 42.5 Å². The number of benzene rings is 3. The van der Waals surface area contributed by atoms with Crippen LogP contribution in [0.15, 0.2) is 72.8 Å². The Balaban J connectivity index is 1.61. The molecule has 0 bridgehead atoms. The molecule has 1 fully saturated rings. The smallest absolute Gasteiger partial charge is 0.416 e. The molecule has 3 aromatic carbocycles. The number of alkyl halides is 3. The van der Waals surface area contributed by atoms with Crippen molar-refractivity contribution in [3.05, 3.63) is 95.1 Å². The number of para-hydroxylation sites is 2. The lowest BCUT2D eigenvalue weighted by Crippen LogP contribution is -2.62. The molecule has 0 aromatic heterocycles. The number of nitrogens with one attached hydrogen (secondary N) is 1. The van der Waals surface area contributed by atoms with Gasteiger partial charge in [-0.25, -0.2) is 0 Å². The Labute approximate surface area is 199 Å². The number of ketones is 1. The first-order chi connectivity index (χ1) is 16.7. The number of Topliss-reactive ketones (excluding diaryl/α,β-unsaturated/α-hetero) is 1. The minimum Gasteiger partial charge on any atom is -0.492 e. The summed E-state index contributed by atoms with van der Waals surface area (Å²) < 4.78 is 45.9. The number of likely N-dealkylation sites (tertiary alicyclic amines) is 1. The van der Waals surface area contributed by atoms with E-state index in [2.05, 4.69) is 5.32 Å². The first-order valence-electron chi connectivity index (χ1n) is 11.3. The molecule has 0 aliphatic carbocycles. The first-order valence-corrected chi connectivity index (χ1v) is 11.3. The molecule has 0 radical (unpaired) electrons. The number of nitrogens with zero attached hydrogens (tertiary/aromatic N) is 1. The average Bonchev–Trinajstić information content (AvgIpc) is 3.29. The lowest BCUT2D eigenvalue weighted by atomic mass is 9.57. The molecule has 178 valence electrons. The summed E-state index contributed by atoms with van der Waals surface area (Å²) >= 11 is 0. The highest BCUT2D eigenvalue weighted by Crippen LogP contribution is 2.64. The number of carbonyl (C=O) groups excluding carboxylic acids is 2. The van der Waals surface area contributed by atoms with Crippen molar-refractivity contribution in [2.75, 3.05) is 25.5 Å². The van der Waals surface area contributed by atoms with E-state index in [-0.39, 0.29) is 24.8 Å². The molecule has 1 saturated heterocycles. The predicted octanol–water partition coefficient (Wildman–Crippen LogP) is 4.84. The van der Waals surface area contributed by atoms with Crippen LogP contribution in [0.5, 0.6) is 5.75 Å². The van der Waals surface area contributed by atoms with Crippen LogP contribution in [0, 0.1) is 5.41 Å². The summed E-state index contributed by atoms with van der Waals surface area (Å²) in [6.45, 7) is 0.199. The lowest BCUT2D eigenvalue weighted by Gasteiger charge is -2.47. The van der Waals surface area contributed by atoms with E-state index in [1.165, 1.54) is 12.1 Å². The largest absolute Gasteiger partial charge is 0.492 e. The number of fused-ring (bicyclic) bond motifs is 4. The molecule has 3 aliphatic heterocycles.